The van der Waals surface area contributed by atoms with E-state index in [1.807, 2.05) is 30.7 Å². The molecule has 0 radical (unpaired) electrons. The predicted octanol–water partition coefficient (Wildman–Crippen LogP) is 1.79. The lowest BCUT2D eigenvalue weighted by Gasteiger charge is -2.06. The van der Waals surface area contributed by atoms with E-state index in [-0.39, 0.29) is 5.97 Å². The number of ether oxygens (including phenoxy) is 1. The van der Waals surface area contributed by atoms with Crippen LogP contribution in [0.15, 0.2) is 24.3 Å². The molecule has 1 heterocycles. The molecular formula is C15H19N3O2. The average molecular weight is 273 g/mol. The van der Waals surface area contributed by atoms with Gasteiger partial charge in [-0.15, -0.1) is 0 Å². The first kappa shape index (κ1) is 14.3. The van der Waals surface area contributed by atoms with Gasteiger partial charge in [0.1, 0.15) is 0 Å². The van der Waals surface area contributed by atoms with Crippen LogP contribution in [0, 0.1) is 13.8 Å². The lowest BCUT2D eigenvalue weighted by atomic mass is 10.1. The molecule has 0 aliphatic heterocycles. The van der Waals surface area contributed by atoms with Gasteiger partial charge in [0.15, 0.2) is 0 Å². The van der Waals surface area contributed by atoms with Gasteiger partial charge in [-0.05, 0) is 31.5 Å². The molecule has 0 fully saturated rings. The van der Waals surface area contributed by atoms with Crippen LogP contribution >= 0.6 is 0 Å². The second-order valence-corrected chi connectivity index (χ2v) is 4.70. The van der Waals surface area contributed by atoms with Gasteiger partial charge in [0.2, 0.25) is 0 Å². The quantitative estimate of drug-likeness (QED) is 0.862. The molecule has 0 saturated heterocycles. The molecule has 0 amide bonds. The van der Waals surface area contributed by atoms with Gasteiger partial charge in [0, 0.05) is 17.8 Å². The number of carbonyl (C=O) groups is 1. The second-order valence-electron chi connectivity index (χ2n) is 4.70. The third-order valence-corrected chi connectivity index (χ3v) is 3.44. The molecule has 0 bridgehead atoms. The van der Waals surface area contributed by atoms with Crippen LogP contribution in [0.1, 0.15) is 32.9 Å². The molecule has 106 valence electrons. The van der Waals surface area contributed by atoms with Gasteiger partial charge in [-0.25, -0.2) is 4.79 Å². The van der Waals surface area contributed by atoms with Gasteiger partial charge >= 0.3 is 5.97 Å². The van der Waals surface area contributed by atoms with Crippen molar-refractivity contribution in [2.24, 2.45) is 5.73 Å². The predicted molar refractivity (Wildman–Crippen MR) is 76.5 cm³/mol. The van der Waals surface area contributed by atoms with E-state index in [1.54, 1.807) is 12.1 Å². The number of esters is 1. The Morgan fingerprint density at radius 3 is 2.45 bits per heavy atom. The summed E-state index contributed by atoms with van der Waals surface area (Å²) in [6.07, 6.45) is 0. The first-order valence-electron chi connectivity index (χ1n) is 6.47. The van der Waals surface area contributed by atoms with E-state index in [0.717, 1.165) is 22.5 Å². The van der Waals surface area contributed by atoms with E-state index < -0.39 is 0 Å². The van der Waals surface area contributed by atoms with E-state index in [1.165, 1.54) is 7.11 Å². The summed E-state index contributed by atoms with van der Waals surface area (Å²) in [4.78, 5) is 11.4. The zero-order valence-electron chi connectivity index (χ0n) is 12.0. The number of aromatic nitrogens is 2. The summed E-state index contributed by atoms with van der Waals surface area (Å²) in [5.41, 5.74) is 10.5. The maximum atomic E-state index is 11.4. The van der Waals surface area contributed by atoms with Crippen molar-refractivity contribution in [3.05, 3.63) is 52.3 Å². The van der Waals surface area contributed by atoms with E-state index in [9.17, 15) is 4.79 Å². The number of nitrogens with two attached hydrogens (primary N) is 1. The van der Waals surface area contributed by atoms with E-state index in [4.69, 9.17) is 5.73 Å². The molecule has 5 heteroatoms. The van der Waals surface area contributed by atoms with Crippen molar-refractivity contribution in [2.45, 2.75) is 26.9 Å². The minimum atomic E-state index is -0.326. The molecule has 1 aromatic carbocycles. The number of aryl methyl sites for hydroxylation is 1. The Hall–Kier alpha value is -2.14. The Bertz CT molecular complexity index is 615. The molecule has 0 unspecified atom stereocenters. The van der Waals surface area contributed by atoms with E-state index in [2.05, 4.69) is 9.84 Å². The van der Waals surface area contributed by atoms with Gasteiger partial charge in [-0.2, -0.15) is 5.10 Å². The number of hydrogen-bond donors (Lipinski definition) is 1. The standard InChI is InChI=1S/C15H19N3O2/c1-10-14(8-16)11(2)18(17-10)9-12-4-6-13(7-5-12)15(19)20-3/h4-7H,8-9,16H2,1-3H3. The lowest BCUT2D eigenvalue weighted by molar-refractivity contribution is 0.0600. The van der Waals surface area contributed by atoms with Crippen LogP contribution in [0.3, 0.4) is 0 Å². The summed E-state index contributed by atoms with van der Waals surface area (Å²) >= 11 is 0. The van der Waals surface area contributed by atoms with Gasteiger partial charge in [-0.3, -0.25) is 4.68 Å². The van der Waals surface area contributed by atoms with Gasteiger partial charge in [0.25, 0.3) is 0 Å². The number of rotatable bonds is 4. The summed E-state index contributed by atoms with van der Waals surface area (Å²) < 4.78 is 6.61. The molecule has 0 aliphatic rings. The van der Waals surface area contributed by atoms with Crippen molar-refractivity contribution in [3.8, 4) is 0 Å². The van der Waals surface area contributed by atoms with E-state index in [0.29, 0.717) is 18.7 Å². The number of methoxy groups -OCH3 is 1. The van der Waals surface area contributed by atoms with Crippen molar-refractivity contribution >= 4 is 5.97 Å². The van der Waals surface area contributed by atoms with Crippen LogP contribution in [0.5, 0.6) is 0 Å². The third kappa shape index (κ3) is 2.72. The van der Waals surface area contributed by atoms with Gasteiger partial charge < -0.3 is 10.5 Å². The summed E-state index contributed by atoms with van der Waals surface area (Å²) in [5.74, 6) is -0.326. The Labute approximate surface area is 118 Å². The van der Waals surface area contributed by atoms with Crippen LogP contribution in [-0.2, 0) is 17.8 Å². The zero-order valence-corrected chi connectivity index (χ0v) is 12.0. The lowest BCUT2D eigenvalue weighted by Crippen LogP contribution is -2.06. The molecule has 20 heavy (non-hydrogen) atoms. The Morgan fingerprint density at radius 1 is 1.30 bits per heavy atom. The summed E-state index contributed by atoms with van der Waals surface area (Å²) in [6, 6.07) is 7.34. The summed E-state index contributed by atoms with van der Waals surface area (Å²) in [7, 11) is 1.38. The van der Waals surface area contributed by atoms with E-state index >= 15 is 0 Å². The van der Waals surface area contributed by atoms with Crippen LogP contribution < -0.4 is 5.73 Å². The first-order valence-corrected chi connectivity index (χ1v) is 6.47. The molecule has 1 aromatic heterocycles. The molecule has 5 nitrogen and oxygen atoms in total. The highest BCUT2D eigenvalue weighted by Gasteiger charge is 2.10. The summed E-state index contributed by atoms with van der Waals surface area (Å²) in [5, 5.41) is 4.50. The maximum absolute atomic E-state index is 11.4. The monoisotopic (exact) mass is 273 g/mol. The SMILES string of the molecule is COC(=O)c1ccc(Cn2nc(C)c(CN)c2C)cc1. The molecule has 2 rings (SSSR count). The molecule has 0 aliphatic carbocycles. The number of hydrogen-bond acceptors (Lipinski definition) is 4. The zero-order chi connectivity index (χ0) is 14.7. The first-order chi connectivity index (χ1) is 9.56. The van der Waals surface area contributed by atoms with Crippen molar-refractivity contribution in [1.29, 1.82) is 0 Å². The maximum Gasteiger partial charge on any atom is 0.337 e. The highest BCUT2D eigenvalue weighted by molar-refractivity contribution is 5.89. The van der Waals surface area contributed by atoms with Gasteiger partial charge in [-0.1, -0.05) is 12.1 Å². The molecular weight excluding hydrogens is 254 g/mol. The number of benzene rings is 1. The number of nitrogens with zero attached hydrogens (tertiary/aromatic N) is 2. The van der Waals surface area contributed by atoms with Crippen molar-refractivity contribution < 1.29 is 9.53 Å². The Balaban J connectivity index is 2.20. The van der Waals surface area contributed by atoms with Crippen LogP contribution in [0.2, 0.25) is 0 Å². The van der Waals surface area contributed by atoms with Crippen LogP contribution in [0.4, 0.5) is 0 Å². The van der Waals surface area contributed by atoms with Crippen LogP contribution in [0.25, 0.3) is 0 Å². The molecule has 2 aromatic rings. The fourth-order valence-electron chi connectivity index (χ4n) is 2.22. The molecule has 2 N–H and O–H groups in total. The minimum absolute atomic E-state index is 0.326. The average Bonchev–Trinajstić information content (AvgIpc) is 2.73. The second kappa shape index (κ2) is 5.88. The normalized spacial score (nSPS) is 10.6. The van der Waals surface area contributed by atoms with Crippen molar-refractivity contribution in [1.82, 2.24) is 9.78 Å². The third-order valence-electron chi connectivity index (χ3n) is 3.44. The smallest absolute Gasteiger partial charge is 0.337 e. The van der Waals surface area contributed by atoms with Gasteiger partial charge in [0.05, 0.1) is 24.9 Å². The summed E-state index contributed by atoms with van der Waals surface area (Å²) in [6.45, 7) is 5.14. The molecule has 0 saturated carbocycles. The highest BCUT2D eigenvalue weighted by atomic mass is 16.5. The molecule has 0 spiro atoms. The number of carbonyl (C=O) groups excluding carboxylic acids is 1. The minimum Gasteiger partial charge on any atom is -0.465 e. The Morgan fingerprint density at radius 2 is 1.95 bits per heavy atom. The van der Waals surface area contributed by atoms with Crippen LogP contribution in [-0.4, -0.2) is 22.9 Å². The van der Waals surface area contributed by atoms with Crippen molar-refractivity contribution in [3.63, 3.8) is 0 Å². The fourth-order valence-corrected chi connectivity index (χ4v) is 2.22. The molecule has 0 atom stereocenters. The fraction of sp³-hybridized carbons (Fsp3) is 0.333. The topological polar surface area (TPSA) is 70.1 Å². The Kier molecular flexibility index (Phi) is 4.20. The largest absolute Gasteiger partial charge is 0.465 e. The van der Waals surface area contributed by atoms with Crippen molar-refractivity contribution in [2.75, 3.05) is 7.11 Å². The highest BCUT2D eigenvalue weighted by Crippen LogP contribution is 2.14.